The molecule has 0 aliphatic heterocycles. The van der Waals surface area contributed by atoms with E-state index in [9.17, 15) is 0 Å². The van der Waals surface area contributed by atoms with E-state index in [-0.39, 0.29) is 0 Å². The lowest BCUT2D eigenvalue weighted by Gasteiger charge is -2.01. The van der Waals surface area contributed by atoms with Crippen molar-refractivity contribution < 1.29 is 0 Å². The molecule has 0 saturated heterocycles. The molecule has 2 rings (SSSR count). The summed E-state index contributed by atoms with van der Waals surface area (Å²) in [6.07, 6.45) is 1.64. The van der Waals surface area contributed by atoms with E-state index in [4.69, 9.17) is 11.6 Å². The smallest absolute Gasteiger partial charge is 0.186 e. The summed E-state index contributed by atoms with van der Waals surface area (Å²) in [6, 6.07) is 0. The summed E-state index contributed by atoms with van der Waals surface area (Å²) in [5.74, 6) is 1.40. The predicted octanol–water partition coefficient (Wildman–Crippen LogP) is 0.932. The molecule has 1 N–H and O–H groups in total. The lowest BCUT2D eigenvalue weighted by molar-refractivity contribution is 0.811. The van der Waals surface area contributed by atoms with Crippen LogP contribution in [0.3, 0.4) is 0 Å². The highest BCUT2D eigenvalue weighted by molar-refractivity contribution is 6.99. The van der Waals surface area contributed by atoms with Crippen LogP contribution in [0.4, 0.5) is 5.82 Å². The van der Waals surface area contributed by atoms with Crippen molar-refractivity contribution in [2.24, 2.45) is 7.05 Å². The number of rotatable bonds is 3. The zero-order chi connectivity index (χ0) is 9.97. The minimum Gasteiger partial charge on any atom is -0.359 e. The van der Waals surface area contributed by atoms with E-state index in [2.05, 4.69) is 24.3 Å². The van der Waals surface area contributed by atoms with Crippen molar-refractivity contribution in [3.8, 4) is 0 Å². The molecule has 0 atom stereocenters. The molecular weight excluding hydrogens is 224 g/mol. The van der Waals surface area contributed by atoms with E-state index in [0.29, 0.717) is 17.5 Å². The summed E-state index contributed by atoms with van der Waals surface area (Å²) in [5.41, 5.74) is 0. The first-order valence-corrected chi connectivity index (χ1v) is 4.93. The van der Waals surface area contributed by atoms with Gasteiger partial charge in [-0.2, -0.15) is 8.75 Å². The molecule has 0 radical (unpaired) electrons. The van der Waals surface area contributed by atoms with Crippen LogP contribution in [0.15, 0.2) is 6.33 Å². The summed E-state index contributed by atoms with van der Waals surface area (Å²) in [7, 11) is 1.87. The second kappa shape index (κ2) is 3.89. The maximum absolute atomic E-state index is 5.75. The molecule has 8 heteroatoms. The van der Waals surface area contributed by atoms with Crippen molar-refractivity contribution in [2.75, 3.05) is 5.32 Å². The van der Waals surface area contributed by atoms with Gasteiger partial charge in [0.1, 0.15) is 6.33 Å². The minimum absolute atomic E-state index is 0.386. The van der Waals surface area contributed by atoms with Gasteiger partial charge in [0.2, 0.25) is 0 Å². The minimum atomic E-state index is 0.386. The molecule has 0 fully saturated rings. The highest BCUT2D eigenvalue weighted by Crippen LogP contribution is 2.17. The van der Waals surface area contributed by atoms with Crippen molar-refractivity contribution >= 4 is 29.1 Å². The van der Waals surface area contributed by atoms with Crippen LogP contribution in [0.25, 0.3) is 0 Å². The van der Waals surface area contributed by atoms with E-state index >= 15 is 0 Å². The second-order valence-electron chi connectivity index (χ2n) is 2.62. The number of aromatic nitrogens is 5. The van der Waals surface area contributed by atoms with E-state index in [0.717, 1.165) is 17.6 Å². The first kappa shape index (κ1) is 9.35. The van der Waals surface area contributed by atoms with E-state index in [1.165, 1.54) is 0 Å². The van der Waals surface area contributed by atoms with Gasteiger partial charge in [-0.25, -0.2) is 0 Å². The number of halogens is 1. The van der Waals surface area contributed by atoms with Crippen LogP contribution >= 0.6 is 23.3 Å². The summed E-state index contributed by atoms with van der Waals surface area (Å²) in [6.45, 7) is 0.529. The molecule has 0 spiro atoms. The van der Waals surface area contributed by atoms with Gasteiger partial charge in [-0.05, 0) is 0 Å². The van der Waals surface area contributed by atoms with Crippen LogP contribution in [-0.4, -0.2) is 23.5 Å². The van der Waals surface area contributed by atoms with Gasteiger partial charge in [-0.15, -0.1) is 10.2 Å². The SMILES string of the molecule is Cn1cnnc1CNc1nsnc1Cl. The number of hydrogen-bond donors (Lipinski definition) is 1. The van der Waals surface area contributed by atoms with Crippen molar-refractivity contribution in [3.05, 3.63) is 17.3 Å². The number of aryl methyl sites for hydroxylation is 1. The lowest BCUT2D eigenvalue weighted by Crippen LogP contribution is -2.05. The van der Waals surface area contributed by atoms with Gasteiger partial charge in [0.25, 0.3) is 0 Å². The fraction of sp³-hybridized carbons (Fsp3) is 0.333. The summed E-state index contributed by atoms with van der Waals surface area (Å²) in [4.78, 5) is 0. The first-order valence-electron chi connectivity index (χ1n) is 3.82. The van der Waals surface area contributed by atoms with Crippen LogP contribution in [0.5, 0.6) is 0 Å². The van der Waals surface area contributed by atoms with Gasteiger partial charge < -0.3 is 9.88 Å². The predicted molar refractivity (Wildman–Crippen MR) is 53.2 cm³/mol. The van der Waals surface area contributed by atoms with Crippen molar-refractivity contribution in [3.63, 3.8) is 0 Å². The van der Waals surface area contributed by atoms with Crippen molar-refractivity contribution in [1.82, 2.24) is 23.5 Å². The van der Waals surface area contributed by atoms with Gasteiger partial charge in [-0.3, -0.25) is 0 Å². The fourth-order valence-electron chi connectivity index (χ4n) is 0.913. The Labute approximate surface area is 89.3 Å². The maximum Gasteiger partial charge on any atom is 0.186 e. The van der Waals surface area contributed by atoms with Crippen LogP contribution in [0.1, 0.15) is 5.82 Å². The molecule has 2 heterocycles. The molecule has 0 aliphatic rings. The van der Waals surface area contributed by atoms with Gasteiger partial charge in [0.05, 0.1) is 18.3 Å². The average molecular weight is 231 g/mol. The van der Waals surface area contributed by atoms with Crippen LogP contribution in [0.2, 0.25) is 5.15 Å². The third-order valence-corrected chi connectivity index (χ3v) is 2.56. The Morgan fingerprint density at radius 1 is 1.57 bits per heavy atom. The molecule has 14 heavy (non-hydrogen) atoms. The number of hydrogen-bond acceptors (Lipinski definition) is 6. The molecular formula is C6H7ClN6S. The standard InChI is InChI=1S/C6H7ClN6S/c1-13-3-9-10-4(13)2-8-6-5(7)11-14-12-6/h3H,2H2,1H3,(H,8,12). The molecule has 2 aromatic rings. The molecule has 0 saturated carbocycles. The molecule has 6 nitrogen and oxygen atoms in total. The Hall–Kier alpha value is -1.21. The van der Waals surface area contributed by atoms with Crippen molar-refractivity contribution in [1.29, 1.82) is 0 Å². The quantitative estimate of drug-likeness (QED) is 0.850. The zero-order valence-electron chi connectivity index (χ0n) is 7.31. The monoisotopic (exact) mass is 230 g/mol. The van der Waals surface area contributed by atoms with Crippen LogP contribution in [-0.2, 0) is 13.6 Å². The van der Waals surface area contributed by atoms with Gasteiger partial charge in [-0.1, -0.05) is 11.6 Å². The Bertz CT molecular complexity index is 383. The molecule has 74 valence electrons. The zero-order valence-corrected chi connectivity index (χ0v) is 8.88. The van der Waals surface area contributed by atoms with E-state index in [1.807, 2.05) is 11.6 Å². The molecule has 2 aromatic heterocycles. The average Bonchev–Trinajstić information content (AvgIpc) is 2.72. The molecule has 0 amide bonds. The molecule has 0 bridgehead atoms. The first-order chi connectivity index (χ1) is 6.77. The molecule has 0 unspecified atom stereocenters. The normalized spacial score (nSPS) is 10.4. The Kier molecular flexibility index (Phi) is 2.60. The largest absolute Gasteiger partial charge is 0.359 e. The third-order valence-electron chi connectivity index (χ3n) is 1.67. The lowest BCUT2D eigenvalue weighted by atomic mass is 10.5. The number of anilines is 1. The number of nitrogens with zero attached hydrogens (tertiary/aromatic N) is 5. The highest BCUT2D eigenvalue weighted by atomic mass is 35.5. The Balaban J connectivity index is 2.02. The highest BCUT2D eigenvalue weighted by Gasteiger charge is 2.06. The summed E-state index contributed by atoms with van der Waals surface area (Å²) in [5, 5.41) is 11.1. The van der Waals surface area contributed by atoms with Crippen molar-refractivity contribution in [2.45, 2.75) is 6.54 Å². The topological polar surface area (TPSA) is 68.5 Å². The van der Waals surface area contributed by atoms with E-state index < -0.39 is 0 Å². The van der Waals surface area contributed by atoms with Crippen LogP contribution in [0, 0.1) is 0 Å². The maximum atomic E-state index is 5.75. The molecule has 0 aromatic carbocycles. The fourth-order valence-corrected chi connectivity index (χ4v) is 1.60. The van der Waals surface area contributed by atoms with E-state index in [1.54, 1.807) is 6.33 Å². The van der Waals surface area contributed by atoms with Gasteiger partial charge >= 0.3 is 0 Å². The molecule has 0 aliphatic carbocycles. The Morgan fingerprint density at radius 2 is 2.43 bits per heavy atom. The van der Waals surface area contributed by atoms with Crippen LogP contribution < -0.4 is 5.32 Å². The summed E-state index contributed by atoms with van der Waals surface area (Å²) < 4.78 is 9.62. The Morgan fingerprint density at radius 3 is 3.00 bits per heavy atom. The second-order valence-corrected chi connectivity index (χ2v) is 3.50. The third kappa shape index (κ3) is 1.83. The van der Waals surface area contributed by atoms with Gasteiger partial charge in [0, 0.05) is 7.05 Å². The number of nitrogens with one attached hydrogen (secondary N) is 1. The summed E-state index contributed by atoms with van der Waals surface area (Å²) >= 11 is 6.82. The van der Waals surface area contributed by atoms with Gasteiger partial charge in [0.15, 0.2) is 16.8 Å².